The fourth-order valence-electron chi connectivity index (χ4n) is 2.23. The molecule has 0 saturated carbocycles. The van der Waals surface area contributed by atoms with Crippen LogP contribution in [0.25, 0.3) is 0 Å². The largest absolute Gasteiger partial charge is 0.368 e. The summed E-state index contributed by atoms with van der Waals surface area (Å²) in [4.78, 5) is 14.4. The quantitative estimate of drug-likeness (QED) is 0.886. The molecule has 5 nitrogen and oxygen atoms in total. The lowest BCUT2D eigenvalue weighted by Crippen LogP contribution is -2.31. The zero-order valence-corrected chi connectivity index (χ0v) is 14.2. The zero-order valence-electron chi connectivity index (χ0n) is 14.2. The summed E-state index contributed by atoms with van der Waals surface area (Å²) < 4.78 is 0. The Kier molecular flexibility index (Phi) is 5.68. The van der Waals surface area contributed by atoms with E-state index in [1.807, 2.05) is 38.1 Å². The maximum absolute atomic E-state index is 12.7. The molecule has 0 fully saturated rings. The Morgan fingerprint density at radius 2 is 2.00 bits per heavy atom. The minimum atomic E-state index is -0.138. The summed E-state index contributed by atoms with van der Waals surface area (Å²) in [5.41, 5.74) is 2.35. The molecule has 23 heavy (non-hydrogen) atoms. The van der Waals surface area contributed by atoms with Crippen LogP contribution in [0.3, 0.4) is 0 Å². The highest BCUT2D eigenvalue weighted by Gasteiger charge is 2.18. The maximum atomic E-state index is 12.7. The molecule has 5 heteroatoms. The molecule has 2 rings (SSSR count). The van der Waals surface area contributed by atoms with Gasteiger partial charge in [-0.3, -0.25) is 4.79 Å². The molecule has 1 aromatic carbocycles. The molecule has 0 aliphatic rings. The fourth-order valence-corrected chi connectivity index (χ4v) is 2.23. The van der Waals surface area contributed by atoms with E-state index in [0.29, 0.717) is 24.0 Å². The van der Waals surface area contributed by atoms with E-state index in [2.05, 4.69) is 29.4 Å². The topological polar surface area (TPSA) is 58.1 Å². The minimum Gasteiger partial charge on any atom is -0.368 e. The number of carbonyl (C=O) groups excluding carboxylic acids is 1. The predicted octanol–water partition coefficient (Wildman–Crippen LogP) is 3.52. The number of rotatable bonds is 6. The van der Waals surface area contributed by atoms with Gasteiger partial charge in [-0.05, 0) is 49.6 Å². The second-order valence-electron chi connectivity index (χ2n) is 5.97. The van der Waals surface area contributed by atoms with E-state index in [9.17, 15) is 4.79 Å². The first kappa shape index (κ1) is 16.9. The van der Waals surface area contributed by atoms with E-state index in [1.165, 1.54) is 0 Å². The molecule has 0 unspecified atom stereocenters. The third kappa shape index (κ3) is 4.52. The van der Waals surface area contributed by atoms with Gasteiger partial charge in [-0.2, -0.15) is 0 Å². The molecular formula is C18H24N4O. The molecule has 2 aromatic rings. The van der Waals surface area contributed by atoms with E-state index in [-0.39, 0.29) is 5.91 Å². The molecule has 0 aliphatic carbocycles. The fraction of sp³-hybridized carbons (Fsp3) is 0.389. The highest BCUT2D eigenvalue weighted by Crippen LogP contribution is 2.18. The molecule has 0 atom stereocenters. The molecule has 0 saturated heterocycles. The van der Waals surface area contributed by atoms with Crippen molar-refractivity contribution in [2.45, 2.75) is 27.7 Å². The summed E-state index contributed by atoms with van der Waals surface area (Å²) in [5, 5.41) is 11.4. The summed E-state index contributed by atoms with van der Waals surface area (Å²) in [7, 11) is 0. The van der Waals surface area contributed by atoms with Crippen LogP contribution in [0.1, 0.15) is 36.8 Å². The van der Waals surface area contributed by atoms with Gasteiger partial charge in [0.2, 0.25) is 0 Å². The first-order valence-electron chi connectivity index (χ1n) is 7.97. The van der Waals surface area contributed by atoms with Crippen molar-refractivity contribution >= 4 is 17.4 Å². The minimum absolute atomic E-state index is 0.138. The number of nitrogens with one attached hydrogen (secondary N) is 1. The summed E-state index contributed by atoms with van der Waals surface area (Å²) >= 11 is 0. The third-order valence-corrected chi connectivity index (χ3v) is 3.45. The number of anilines is 2. The Bertz CT molecular complexity index is 652. The van der Waals surface area contributed by atoms with Crippen LogP contribution in [-0.2, 0) is 0 Å². The van der Waals surface area contributed by atoms with Gasteiger partial charge in [0.1, 0.15) is 5.82 Å². The number of hydrogen-bond acceptors (Lipinski definition) is 4. The number of aryl methyl sites for hydroxylation is 1. The van der Waals surface area contributed by atoms with E-state index in [1.54, 1.807) is 17.0 Å². The first-order chi connectivity index (χ1) is 11.0. The molecule has 1 heterocycles. The summed E-state index contributed by atoms with van der Waals surface area (Å²) in [5.74, 6) is 1.07. The van der Waals surface area contributed by atoms with Gasteiger partial charge in [0.05, 0.1) is 0 Å². The number of hydrogen-bond donors (Lipinski definition) is 1. The van der Waals surface area contributed by atoms with Gasteiger partial charge in [-0.15, -0.1) is 10.2 Å². The average molecular weight is 312 g/mol. The first-order valence-corrected chi connectivity index (χ1v) is 7.97. The highest BCUT2D eigenvalue weighted by molar-refractivity contribution is 6.04. The van der Waals surface area contributed by atoms with Gasteiger partial charge >= 0.3 is 0 Å². The van der Waals surface area contributed by atoms with Gasteiger partial charge in [0, 0.05) is 18.8 Å². The van der Waals surface area contributed by atoms with Crippen LogP contribution in [0.5, 0.6) is 0 Å². The van der Waals surface area contributed by atoms with E-state index < -0.39 is 0 Å². The maximum Gasteiger partial charge on any atom is 0.278 e. The van der Waals surface area contributed by atoms with Crippen molar-refractivity contribution in [1.29, 1.82) is 0 Å². The van der Waals surface area contributed by atoms with Gasteiger partial charge in [0.15, 0.2) is 5.69 Å². The second kappa shape index (κ2) is 7.72. The van der Waals surface area contributed by atoms with Crippen LogP contribution in [0, 0.1) is 12.8 Å². The van der Waals surface area contributed by atoms with Crippen molar-refractivity contribution in [3.05, 3.63) is 47.7 Å². The van der Waals surface area contributed by atoms with Crippen molar-refractivity contribution in [1.82, 2.24) is 10.2 Å². The van der Waals surface area contributed by atoms with Crippen molar-refractivity contribution in [2.75, 3.05) is 23.3 Å². The molecular weight excluding hydrogens is 288 g/mol. The molecule has 0 aliphatic heterocycles. The Morgan fingerprint density at radius 1 is 1.22 bits per heavy atom. The average Bonchev–Trinajstić information content (AvgIpc) is 2.54. The van der Waals surface area contributed by atoms with Crippen LogP contribution in [0.2, 0.25) is 0 Å². The van der Waals surface area contributed by atoms with Crippen molar-refractivity contribution in [3.8, 4) is 0 Å². The standard InChI is InChI=1S/C18H24N4O/c1-5-22(15-8-6-7-14(4)11-15)18(23)16-9-10-17(21-20-16)19-12-13(2)3/h6-11,13H,5,12H2,1-4H3,(H,19,21). The van der Waals surface area contributed by atoms with Gasteiger partial charge in [-0.1, -0.05) is 26.0 Å². The van der Waals surface area contributed by atoms with Crippen LogP contribution in [-0.4, -0.2) is 29.2 Å². The Hall–Kier alpha value is -2.43. The smallest absolute Gasteiger partial charge is 0.278 e. The summed E-state index contributed by atoms with van der Waals surface area (Å²) in [6.07, 6.45) is 0. The number of amides is 1. The zero-order chi connectivity index (χ0) is 16.8. The van der Waals surface area contributed by atoms with Crippen LogP contribution in [0.15, 0.2) is 36.4 Å². The molecule has 1 aromatic heterocycles. The molecule has 0 spiro atoms. The van der Waals surface area contributed by atoms with Gasteiger partial charge in [0.25, 0.3) is 5.91 Å². The van der Waals surface area contributed by atoms with E-state index in [4.69, 9.17) is 0 Å². The van der Waals surface area contributed by atoms with Gasteiger partial charge < -0.3 is 10.2 Å². The molecule has 0 radical (unpaired) electrons. The molecule has 0 bridgehead atoms. The molecule has 122 valence electrons. The van der Waals surface area contributed by atoms with E-state index >= 15 is 0 Å². The number of carbonyl (C=O) groups is 1. The normalized spacial score (nSPS) is 10.7. The third-order valence-electron chi connectivity index (χ3n) is 3.45. The Balaban J connectivity index is 2.14. The monoisotopic (exact) mass is 312 g/mol. The molecule has 1 amide bonds. The van der Waals surface area contributed by atoms with Crippen molar-refractivity contribution < 1.29 is 4.79 Å². The van der Waals surface area contributed by atoms with Gasteiger partial charge in [-0.25, -0.2) is 0 Å². The SMILES string of the molecule is CCN(C(=O)c1ccc(NCC(C)C)nn1)c1cccc(C)c1. The van der Waals surface area contributed by atoms with Crippen LogP contribution < -0.4 is 10.2 Å². The number of aromatic nitrogens is 2. The van der Waals surface area contributed by atoms with Crippen LogP contribution >= 0.6 is 0 Å². The Labute approximate surface area is 137 Å². The number of nitrogens with zero attached hydrogens (tertiary/aromatic N) is 3. The van der Waals surface area contributed by atoms with Crippen molar-refractivity contribution in [2.24, 2.45) is 5.92 Å². The summed E-state index contributed by atoms with van der Waals surface area (Å²) in [6, 6.07) is 11.4. The van der Waals surface area contributed by atoms with Crippen molar-refractivity contribution in [3.63, 3.8) is 0 Å². The second-order valence-corrected chi connectivity index (χ2v) is 5.97. The lowest BCUT2D eigenvalue weighted by atomic mass is 10.2. The van der Waals surface area contributed by atoms with E-state index in [0.717, 1.165) is 17.8 Å². The lowest BCUT2D eigenvalue weighted by molar-refractivity contribution is 0.0982. The number of benzene rings is 1. The Morgan fingerprint density at radius 3 is 2.57 bits per heavy atom. The lowest BCUT2D eigenvalue weighted by Gasteiger charge is -2.21. The predicted molar refractivity (Wildman–Crippen MR) is 93.9 cm³/mol. The highest BCUT2D eigenvalue weighted by atomic mass is 16.2. The van der Waals surface area contributed by atoms with Crippen LogP contribution in [0.4, 0.5) is 11.5 Å². The summed E-state index contributed by atoms with van der Waals surface area (Å²) in [6.45, 7) is 9.62. The molecule has 1 N–H and O–H groups in total.